The molecule has 2 aliphatic heterocycles. The van der Waals surface area contributed by atoms with Gasteiger partial charge in [-0.15, -0.1) is 0 Å². The van der Waals surface area contributed by atoms with Crippen LogP contribution < -0.4 is 5.32 Å². The van der Waals surface area contributed by atoms with E-state index in [2.05, 4.69) is 54.1 Å². The number of aromatic nitrogens is 2. The molecule has 0 aliphatic carbocycles. The lowest BCUT2D eigenvalue weighted by atomic mass is 9.92. The number of nitrogens with zero attached hydrogens (tertiary/aromatic N) is 5. The molecule has 2 aliphatic rings. The van der Waals surface area contributed by atoms with Crippen LogP contribution in [0.3, 0.4) is 0 Å². The summed E-state index contributed by atoms with van der Waals surface area (Å²) in [6, 6.07) is 0.718. The van der Waals surface area contributed by atoms with Gasteiger partial charge in [-0.3, -0.25) is 14.6 Å². The molecule has 1 aromatic heterocycles. The number of nitrogens with one attached hydrogen (secondary N) is 1. The van der Waals surface area contributed by atoms with E-state index in [4.69, 9.17) is 4.98 Å². The number of aliphatic hydroxyl groups excluding tert-OH is 1. The summed E-state index contributed by atoms with van der Waals surface area (Å²) >= 11 is 1.40. The van der Waals surface area contributed by atoms with E-state index in [1.54, 1.807) is 0 Å². The highest BCUT2D eigenvalue weighted by molar-refractivity contribution is 7.09. The van der Waals surface area contributed by atoms with E-state index in [1.165, 1.54) is 11.5 Å². The summed E-state index contributed by atoms with van der Waals surface area (Å²) in [7, 11) is 0. The summed E-state index contributed by atoms with van der Waals surface area (Å²) in [5.41, 5.74) is -0.329. The number of rotatable bonds is 5. The molecule has 0 saturated carbocycles. The van der Waals surface area contributed by atoms with Crippen LogP contribution in [0.1, 0.15) is 67.6 Å². The van der Waals surface area contributed by atoms with Crippen LogP contribution in [0, 0.1) is 5.41 Å². The highest BCUT2D eigenvalue weighted by Gasteiger charge is 2.38. The number of β-amino-alcohol motifs (C(OH)–C–C–N with tert-alkyl or cyclic N) is 1. The summed E-state index contributed by atoms with van der Waals surface area (Å²) in [6.45, 7) is 20.6. The first kappa shape index (κ1) is 25.3. The Hall–Kier alpha value is -1.29. The van der Waals surface area contributed by atoms with Crippen LogP contribution in [0.15, 0.2) is 0 Å². The number of likely N-dealkylation sites (tertiary alicyclic amines) is 1. The fraction of sp³-hybridized carbons (Fsp3) is 0.870. The van der Waals surface area contributed by atoms with Crippen LogP contribution >= 0.6 is 11.5 Å². The topological polar surface area (TPSA) is 84.8 Å². The zero-order valence-electron chi connectivity index (χ0n) is 21.1. The van der Waals surface area contributed by atoms with Crippen molar-refractivity contribution in [3.63, 3.8) is 0 Å². The van der Waals surface area contributed by atoms with E-state index in [-0.39, 0.29) is 41.1 Å². The summed E-state index contributed by atoms with van der Waals surface area (Å²) in [6.07, 6.45) is 0.515. The van der Waals surface area contributed by atoms with Crippen molar-refractivity contribution < 1.29 is 9.90 Å². The summed E-state index contributed by atoms with van der Waals surface area (Å²) < 4.78 is 4.57. The summed E-state index contributed by atoms with van der Waals surface area (Å²) in [5, 5.41) is 14.4. The molecule has 1 amide bonds. The van der Waals surface area contributed by atoms with Crippen LogP contribution in [0.25, 0.3) is 0 Å². The van der Waals surface area contributed by atoms with Gasteiger partial charge in [-0.1, -0.05) is 20.8 Å². The van der Waals surface area contributed by atoms with Gasteiger partial charge in [-0.2, -0.15) is 4.37 Å². The number of amides is 1. The number of hydrogen-bond donors (Lipinski definition) is 2. The molecule has 8 nitrogen and oxygen atoms in total. The predicted octanol–water partition coefficient (Wildman–Crippen LogP) is 2.65. The van der Waals surface area contributed by atoms with Gasteiger partial charge in [-0.05, 0) is 41.0 Å². The van der Waals surface area contributed by atoms with Crippen molar-refractivity contribution in [2.24, 2.45) is 5.41 Å². The number of anilines is 1. The Morgan fingerprint density at radius 3 is 2.44 bits per heavy atom. The van der Waals surface area contributed by atoms with Gasteiger partial charge in [0.05, 0.1) is 12.6 Å². The third-order valence-corrected chi connectivity index (χ3v) is 7.28. The molecular weight excluding hydrogens is 424 g/mol. The minimum atomic E-state index is -0.356. The Morgan fingerprint density at radius 1 is 1.12 bits per heavy atom. The molecule has 2 fully saturated rings. The number of aliphatic hydroxyl groups is 1. The molecule has 3 rings (SSSR count). The molecule has 1 aromatic rings. The molecule has 9 heteroatoms. The minimum absolute atomic E-state index is 0.0272. The zero-order valence-corrected chi connectivity index (χ0v) is 21.9. The Morgan fingerprint density at radius 2 is 1.81 bits per heavy atom. The number of hydrogen-bond acceptors (Lipinski definition) is 8. The second-order valence-electron chi connectivity index (χ2n) is 11.6. The second kappa shape index (κ2) is 9.52. The summed E-state index contributed by atoms with van der Waals surface area (Å²) in [5.74, 6) is 1.04. The highest BCUT2D eigenvalue weighted by Crippen LogP contribution is 2.28. The highest BCUT2D eigenvalue weighted by atomic mass is 32.1. The molecule has 0 radical (unpaired) electrons. The van der Waals surface area contributed by atoms with Crippen molar-refractivity contribution >= 4 is 22.6 Å². The minimum Gasteiger partial charge on any atom is -0.392 e. The van der Waals surface area contributed by atoms with Crippen molar-refractivity contribution in [1.82, 2.24) is 24.1 Å². The Bertz CT molecular complexity index is 786. The Balaban J connectivity index is 1.55. The maximum absolute atomic E-state index is 12.8. The van der Waals surface area contributed by atoms with E-state index in [9.17, 15) is 9.90 Å². The predicted molar refractivity (Wildman–Crippen MR) is 130 cm³/mol. The number of piperazine rings is 1. The number of carbonyl (C=O) groups is 1. The molecule has 182 valence electrons. The second-order valence-corrected chi connectivity index (χ2v) is 12.4. The summed E-state index contributed by atoms with van der Waals surface area (Å²) in [4.78, 5) is 24.3. The van der Waals surface area contributed by atoms with Crippen LogP contribution in [0.4, 0.5) is 5.13 Å². The third-order valence-electron chi connectivity index (χ3n) is 6.57. The van der Waals surface area contributed by atoms with Gasteiger partial charge in [0.2, 0.25) is 11.0 Å². The lowest BCUT2D eigenvalue weighted by Crippen LogP contribution is -2.59. The molecule has 4 atom stereocenters. The molecule has 0 spiro atoms. The van der Waals surface area contributed by atoms with Crippen molar-refractivity contribution in [3.05, 3.63) is 5.82 Å². The quantitative estimate of drug-likeness (QED) is 0.690. The first-order chi connectivity index (χ1) is 14.8. The standard InChI is InChI=1S/C23H42N6O2S/c1-15-12-28(20(31)22(3,4)5)16(2)11-27(15)14-19-25-21(32-26-19)24-10-17-9-18(30)13-29(17)23(6,7)8/h15-18,30H,9-14H2,1-8H3,(H,24,25,26)/t15-,16-,17-,18+/m0/s1. The monoisotopic (exact) mass is 466 g/mol. The van der Waals surface area contributed by atoms with E-state index < -0.39 is 0 Å². The lowest BCUT2D eigenvalue weighted by molar-refractivity contribution is -0.145. The van der Waals surface area contributed by atoms with Crippen molar-refractivity contribution in [3.8, 4) is 0 Å². The van der Waals surface area contributed by atoms with E-state index >= 15 is 0 Å². The largest absolute Gasteiger partial charge is 0.392 e. The molecule has 3 heterocycles. The Labute approximate surface area is 197 Å². The fourth-order valence-electron chi connectivity index (χ4n) is 4.82. The van der Waals surface area contributed by atoms with Crippen LogP contribution in [0.5, 0.6) is 0 Å². The molecule has 0 bridgehead atoms. The molecule has 0 unspecified atom stereocenters. The van der Waals surface area contributed by atoms with Gasteiger partial charge in [0, 0.05) is 66.8 Å². The van der Waals surface area contributed by atoms with Crippen molar-refractivity contribution in [2.75, 3.05) is 31.5 Å². The van der Waals surface area contributed by atoms with Gasteiger partial charge < -0.3 is 15.3 Å². The van der Waals surface area contributed by atoms with Crippen molar-refractivity contribution in [2.45, 2.75) is 98.1 Å². The first-order valence-electron chi connectivity index (χ1n) is 11.8. The maximum Gasteiger partial charge on any atom is 0.228 e. The molecule has 0 aromatic carbocycles. The Kier molecular flexibility index (Phi) is 7.54. The van der Waals surface area contributed by atoms with Gasteiger partial charge in [0.25, 0.3) is 0 Å². The van der Waals surface area contributed by atoms with Gasteiger partial charge in [0.1, 0.15) is 0 Å². The number of carbonyl (C=O) groups excluding carboxylic acids is 1. The van der Waals surface area contributed by atoms with E-state index in [0.717, 1.165) is 43.6 Å². The van der Waals surface area contributed by atoms with Gasteiger partial charge in [-0.25, -0.2) is 4.98 Å². The zero-order chi connectivity index (χ0) is 23.8. The average Bonchev–Trinajstić information content (AvgIpc) is 3.27. The molecule has 2 N–H and O–H groups in total. The fourth-order valence-corrected chi connectivity index (χ4v) is 5.40. The lowest BCUT2D eigenvalue weighted by Gasteiger charge is -2.45. The van der Waals surface area contributed by atoms with Crippen molar-refractivity contribution in [1.29, 1.82) is 0 Å². The average molecular weight is 467 g/mol. The van der Waals surface area contributed by atoms with Crippen LogP contribution in [-0.2, 0) is 11.3 Å². The van der Waals surface area contributed by atoms with Crippen LogP contribution in [-0.4, -0.2) is 91.0 Å². The normalized spacial score (nSPS) is 28.3. The molecule has 32 heavy (non-hydrogen) atoms. The maximum atomic E-state index is 12.8. The van der Waals surface area contributed by atoms with Gasteiger partial charge in [0.15, 0.2) is 5.82 Å². The SMILES string of the molecule is C[C@H]1CN(C(=O)C(C)(C)C)[C@@H](C)CN1Cc1nsc(NC[C@@H]2C[C@@H](O)CN2C(C)(C)C)n1. The first-order valence-corrected chi connectivity index (χ1v) is 12.6. The smallest absolute Gasteiger partial charge is 0.228 e. The van der Waals surface area contributed by atoms with Gasteiger partial charge >= 0.3 is 0 Å². The third kappa shape index (κ3) is 5.98. The van der Waals surface area contributed by atoms with E-state index in [0.29, 0.717) is 6.54 Å². The molecular formula is C23H42N6O2S. The molecule has 2 saturated heterocycles. The van der Waals surface area contributed by atoms with Crippen LogP contribution in [0.2, 0.25) is 0 Å². The van der Waals surface area contributed by atoms with E-state index in [1.807, 2.05) is 25.7 Å².